The molecule has 0 saturated carbocycles. The monoisotopic (exact) mass is 326 g/mol. The molecule has 2 aromatic rings. The highest BCUT2D eigenvalue weighted by molar-refractivity contribution is 9.10. The van der Waals surface area contributed by atoms with E-state index in [-0.39, 0.29) is 4.88 Å². The molecule has 0 unspecified atom stereocenters. The maximum Gasteiger partial charge on any atom is 0.347 e. The first-order chi connectivity index (χ1) is 8.47. The number of aromatic carboxylic acids is 1. The van der Waals surface area contributed by atoms with Crippen molar-refractivity contribution >= 4 is 44.1 Å². The first-order valence-corrected chi connectivity index (χ1v) is 6.81. The van der Waals surface area contributed by atoms with Crippen LogP contribution >= 0.6 is 27.3 Å². The second-order valence-electron chi connectivity index (χ2n) is 3.90. The minimum Gasteiger partial charge on any atom is -0.477 e. The van der Waals surface area contributed by atoms with Crippen LogP contribution in [0.1, 0.15) is 20.8 Å². The smallest absolute Gasteiger partial charge is 0.347 e. The summed E-state index contributed by atoms with van der Waals surface area (Å²) in [6.07, 6.45) is 1.35. The summed E-state index contributed by atoms with van der Waals surface area (Å²) < 4.78 is 0.937. The molecular formula is C12H11BrN2O2S. The van der Waals surface area contributed by atoms with Gasteiger partial charge in [-0.2, -0.15) is 0 Å². The molecule has 1 aromatic carbocycles. The lowest BCUT2D eigenvalue weighted by molar-refractivity contribution is 0.0702. The van der Waals surface area contributed by atoms with Crippen LogP contribution in [0, 0.1) is 13.8 Å². The Balaban J connectivity index is 2.31. The Labute approximate surface area is 117 Å². The van der Waals surface area contributed by atoms with Crippen LogP contribution in [0.5, 0.6) is 0 Å². The molecule has 0 aliphatic heterocycles. The normalized spacial score (nSPS) is 10.4. The fraction of sp³-hybridized carbons (Fsp3) is 0.167. The average Bonchev–Trinajstić information content (AvgIpc) is 2.71. The van der Waals surface area contributed by atoms with Crippen molar-refractivity contribution in [2.24, 2.45) is 0 Å². The molecule has 0 atom stereocenters. The van der Waals surface area contributed by atoms with Crippen molar-refractivity contribution in [3.63, 3.8) is 0 Å². The standard InChI is InChI=1S/C12H11BrN2O2S/c1-6-3-7(2)10(8(13)4-6)15-12-14-5-9(18-12)11(16)17/h3-5H,1-2H3,(H,14,15)(H,16,17). The molecule has 94 valence electrons. The van der Waals surface area contributed by atoms with Gasteiger partial charge in [0.15, 0.2) is 5.13 Å². The molecule has 0 bridgehead atoms. The van der Waals surface area contributed by atoms with Crippen molar-refractivity contribution in [1.82, 2.24) is 4.98 Å². The van der Waals surface area contributed by atoms with Crippen LogP contribution in [-0.2, 0) is 0 Å². The third-order valence-electron chi connectivity index (χ3n) is 2.38. The lowest BCUT2D eigenvalue weighted by Gasteiger charge is -2.10. The Morgan fingerprint density at radius 3 is 2.72 bits per heavy atom. The third-order valence-corrected chi connectivity index (χ3v) is 3.91. The molecular weight excluding hydrogens is 316 g/mol. The summed E-state index contributed by atoms with van der Waals surface area (Å²) in [5, 5.41) is 12.6. The minimum atomic E-state index is -0.958. The van der Waals surface area contributed by atoms with Crippen LogP contribution in [0.4, 0.5) is 10.8 Å². The first kappa shape index (κ1) is 13.0. The maximum absolute atomic E-state index is 10.8. The second kappa shape index (κ2) is 5.07. The number of rotatable bonds is 3. The van der Waals surface area contributed by atoms with Gasteiger partial charge >= 0.3 is 5.97 Å². The van der Waals surface area contributed by atoms with Crippen molar-refractivity contribution in [2.45, 2.75) is 13.8 Å². The summed E-state index contributed by atoms with van der Waals surface area (Å²) in [6.45, 7) is 4.01. The van der Waals surface area contributed by atoms with Gasteiger partial charge in [-0.3, -0.25) is 0 Å². The molecule has 0 amide bonds. The molecule has 0 spiro atoms. The number of carboxylic acid groups (broad SMARTS) is 1. The molecule has 4 nitrogen and oxygen atoms in total. The average molecular weight is 327 g/mol. The van der Waals surface area contributed by atoms with Crippen LogP contribution in [0.3, 0.4) is 0 Å². The van der Waals surface area contributed by atoms with E-state index in [1.807, 2.05) is 19.9 Å². The SMILES string of the molecule is Cc1cc(C)c(Nc2ncc(C(=O)O)s2)c(Br)c1. The topological polar surface area (TPSA) is 62.2 Å². The lowest BCUT2D eigenvalue weighted by Crippen LogP contribution is -1.94. The van der Waals surface area contributed by atoms with Crippen LogP contribution in [0.2, 0.25) is 0 Å². The van der Waals surface area contributed by atoms with Gasteiger partial charge in [-0.15, -0.1) is 0 Å². The number of thiazole rings is 1. The molecule has 0 radical (unpaired) electrons. The van der Waals surface area contributed by atoms with Crippen molar-refractivity contribution in [1.29, 1.82) is 0 Å². The van der Waals surface area contributed by atoms with E-state index < -0.39 is 5.97 Å². The van der Waals surface area contributed by atoms with Crippen LogP contribution in [0.25, 0.3) is 0 Å². The van der Waals surface area contributed by atoms with Crippen LogP contribution < -0.4 is 5.32 Å². The number of halogens is 1. The van der Waals surface area contributed by atoms with Gasteiger partial charge in [0.2, 0.25) is 0 Å². The quantitative estimate of drug-likeness (QED) is 0.896. The summed E-state index contributed by atoms with van der Waals surface area (Å²) in [5.74, 6) is -0.958. The number of nitrogens with zero attached hydrogens (tertiary/aromatic N) is 1. The van der Waals surface area contributed by atoms with E-state index in [1.54, 1.807) is 0 Å². The zero-order valence-electron chi connectivity index (χ0n) is 9.82. The Morgan fingerprint density at radius 1 is 1.44 bits per heavy atom. The van der Waals surface area contributed by atoms with E-state index in [4.69, 9.17) is 5.11 Å². The van der Waals surface area contributed by atoms with E-state index in [2.05, 4.69) is 32.3 Å². The molecule has 2 N–H and O–H groups in total. The first-order valence-electron chi connectivity index (χ1n) is 5.20. The number of carboxylic acids is 1. The van der Waals surface area contributed by atoms with Gasteiger partial charge in [0, 0.05) is 4.47 Å². The predicted molar refractivity (Wildman–Crippen MR) is 76.0 cm³/mol. The fourth-order valence-electron chi connectivity index (χ4n) is 1.61. The summed E-state index contributed by atoms with van der Waals surface area (Å²) in [6, 6.07) is 4.06. The van der Waals surface area contributed by atoms with E-state index in [1.165, 1.54) is 6.20 Å². The van der Waals surface area contributed by atoms with Gasteiger partial charge in [-0.25, -0.2) is 9.78 Å². The molecule has 2 rings (SSSR count). The molecule has 0 aliphatic carbocycles. The largest absolute Gasteiger partial charge is 0.477 e. The van der Waals surface area contributed by atoms with E-state index >= 15 is 0 Å². The highest BCUT2D eigenvalue weighted by Gasteiger charge is 2.11. The molecule has 0 fully saturated rings. The summed E-state index contributed by atoms with van der Waals surface area (Å²) in [5.41, 5.74) is 3.15. The van der Waals surface area contributed by atoms with Gasteiger partial charge in [0.1, 0.15) is 4.88 Å². The van der Waals surface area contributed by atoms with E-state index in [9.17, 15) is 4.79 Å². The Kier molecular flexibility index (Phi) is 3.68. The molecule has 18 heavy (non-hydrogen) atoms. The number of aromatic nitrogens is 1. The number of hydrogen-bond acceptors (Lipinski definition) is 4. The highest BCUT2D eigenvalue weighted by atomic mass is 79.9. The Bertz CT molecular complexity index is 587. The predicted octanol–water partition coefficient (Wildman–Crippen LogP) is 3.96. The number of anilines is 2. The van der Waals surface area contributed by atoms with Crippen molar-refractivity contribution in [3.05, 3.63) is 38.8 Å². The van der Waals surface area contributed by atoms with Gasteiger partial charge in [-0.1, -0.05) is 17.4 Å². The van der Waals surface area contributed by atoms with Gasteiger partial charge in [0.25, 0.3) is 0 Å². The second-order valence-corrected chi connectivity index (χ2v) is 5.78. The van der Waals surface area contributed by atoms with E-state index in [0.29, 0.717) is 5.13 Å². The summed E-state index contributed by atoms with van der Waals surface area (Å²) in [7, 11) is 0. The molecule has 0 aliphatic rings. The number of benzene rings is 1. The van der Waals surface area contributed by atoms with Crippen LogP contribution in [0.15, 0.2) is 22.8 Å². The van der Waals surface area contributed by atoms with Crippen molar-refractivity contribution < 1.29 is 9.90 Å². The van der Waals surface area contributed by atoms with Gasteiger partial charge in [-0.05, 0) is 47.0 Å². The zero-order valence-corrected chi connectivity index (χ0v) is 12.2. The van der Waals surface area contributed by atoms with E-state index in [0.717, 1.165) is 32.6 Å². The summed E-state index contributed by atoms with van der Waals surface area (Å²) in [4.78, 5) is 15.0. The minimum absolute atomic E-state index is 0.221. The maximum atomic E-state index is 10.8. The van der Waals surface area contributed by atoms with Crippen molar-refractivity contribution in [3.8, 4) is 0 Å². The lowest BCUT2D eigenvalue weighted by atomic mass is 10.1. The van der Waals surface area contributed by atoms with Gasteiger partial charge in [0.05, 0.1) is 11.9 Å². The Hall–Kier alpha value is -1.40. The van der Waals surface area contributed by atoms with Crippen molar-refractivity contribution in [2.75, 3.05) is 5.32 Å². The third kappa shape index (κ3) is 2.70. The fourth-order valence-corrected chi connectivity index (χ4v) is 3.04. The molecule has 1 aromatic heterocycles. The summed E-state index contributed by atoms with van der Waals surface area (Å²) >= 11 is 4.60. The highest BCUT2D eigenvalue weighted by Crippen LogP contribution is 2.32. The molecule has 0 saturated heterocycles. The van der Waals surface area contributed by atoms with Gasteiger partial charge < -0.3 is 10.4 Å². The molecule has 6 heteroatoms. The Morgan fingerprint density at radius 2 is 2.17 bits per heavy atom. The van der Waals surface area contributed by atoms with Crippen LogP contribution in [-0.4, -0.2) is 16.1 Å². The number of hydrogen-bond donors (Lipinski definition) is 2. The molecule has 1 heterocycles. The number of nitrogens with one attached hydrogen (secondary N) is 1. The zero-order chi connectivity index (χ0) is 13.3. The number of carbonyl (C=O) groups is 1. The number of aryl methyl sites for hydroxylation is 2.